The Morgan fingerprint density at radius 1 is 1.29 bits per heavy atom. The number of nitrogens with zero attached hydrogens (tertiary/aromatic N) is 1. The van der Waals surface area contributed by atoms with Gasteiger partial charge < -0.3 is 19.7 Å². The van der Waals surface area contributed by atoms with Crippen molar-refractivity contribution in [2.45, 2.75) is 58.2 Å². The zero-order valence-electron chi connectivity index (χ0n) is 21.8. The lowest BCUT2D eigenvalue weighted by atomic mass is 9.46. The molecule has 0 bridgehead atoms. The number of cyclic esters (lactones) is 1. The predicted octanol–water partition coefficient (Wildman–Crippen LogP) is 4.14. The molecule has 2 N–H and O–H groups in total. The van der Waals surface area contributed by atoms with Gasteiger partial charge in [0.1, 0.15) is 6.61 Å². The largest absolute Gasteiger partial charge is 0.458 e. The standard InChI is InChI=1S/C29H35NO8/c1-18-4-12-24-28(2,15-14-25(32)29(24,3)17-31)22(18)11-10-21-23(16-37-27(21)34)38-26(33)13-7-19-5-8-20(9-6-19)30(35)36/h5-10,13,22-25,31-32H,1,4,11-12,14-17H2,2-3H3/b13-7+,21-10+/t22-,23-,24+,25-,28+,29+/m1/s1. The maximum Gasteiger partial charge on any atom is 0.337 e. The lowest BCUT2D eigenvalue weighted by Crippen LogP contribution is -2.57. The molecule has 1 aromatic rings. The summed E-state index contributed by atoms with van der Waals surface area (Å²) in [6.45, 7) is 8.31. The van der Waals surface area contributed by atoms with E-state index in [1.165, 1.54) is 36.4 Å². The van der Waals surface area contributed by atoms with E-state index >= 15 is 0 Å². The Morgan fingerprint density at radius 3 is 2.66 bits per heavy atom. The Balaban J connectivity index is 1.46. The van der Waals surface area contributed by atoms with Gasteiger partial charge >= 0.3 is 11.9 Å². The second-order valence-electron chi connectivity index (χ2n) is 11.1. The van der Waals surface area contributed by atoms with Crippen LogP contribution in [0.3, 0.4) is 0 Å². The number of nitro benzene ring substituents is 1. The van der Waals surface area contributed by atoms with Crippen LogP contribution in [0.2, 0.25) is 0 Å². The number of aliphatic hydroxyl groups excluding tert-OH is 2. The molecule has 0 radical (unpaired) electrons. The number of benzene rings is 1. The number of rotatable bonds is 7. The first-order chi connectivity index (χ1) is 18.0. The third-order valence-corrected chi connectivity index (χ3v) is 8.99. The van der Waals surface area contributed by atoms with Crippen molar-refractivity contribution in [3.8, 4) is 0 Å². The van der Waals surface area contributed by atoms with Gasteiger partial charge in [-0.25, -0.2) is 9.59 Å². The first-order valence-electron chi connectivity index (χ1n) is 13.0. The number of allylic oxidation sites excluding steroid dienone is 2. The van der Waals surface area contributed by atoms with Crippen molar-refractivity contribution in [1.29, 1.82) is 0 Å². The van der Waals surface area contributed by atoms with E-state index < -0.39 is 34.5 Å². The average molecular weight is 526 g/mol. The van der Waals surface area contributed by atoms with Crippen molar-refractivity contribution in [1.82, 2.24) is 0 Å². The van der Waals surface area contributed by atoms with Gasteiger partial charge in [0.05, 0.1) is 23.2 Å². The monoisotopic (exact) mass is 525 g/mol. The fourth-order valence-electron chi connectivity index (χ4n) is 6.70. The molecule has 38 heavy (non-hydrogen) atoms. The van der Waals surface area contributed by atoms with E-state index in [0.717, 1.165) is 24.8 Å². The van der Waals surface area contributed by atoms with Gasteiger partial charge in [0, 0.05) is 23.6 Å². The smallest absolute Gasteiger partial charge is 0.337 e. The second kappa shape index (κ2) is 10.8. The molecule has 0 aromatic heterocycles. The molecule has 0 unspecified atom stereocenters. The van der Waals surface area contributed by atoms with Crippen LogP contribution in [0.1, 0.15) is 51.5 Å². The summed E-state index contributed by atoms with van der Waals surface area (Å²) in [4.78, 5) is 35.2. The number of aliphatic hydroxyl groups is 2. The molecule has 4 rings (SSSR count). The highest BCUT2D eigenvalue weighted by Gasteiger charge is 2.57. The lowest BCUT2D eigenvalue weighted by molar-refractivity contribution is -0.384. The molecule has 2 aliphatic carbocycles. The Kier molecular flexibility index (Phi) is 7.90. The highest BCUT2D eigenvalue weighted by molar-refractivity contribution is 5.93. The summed E-state index contributed by atoms with van der Waals surface area (Å²) in [6.07, 6.45) is 6.60. The average Bonchev–Trinajstić information content (AvgIpc) is 3.23. The Morgan fingerprint density at radius 2 is 2.00 bits per heavy atom. The third kappa shape index (κ3) is 5.17. The fraction of sp³-hybridized carbons (Fsp3) is 0.517. The number of hydrogen-bond acceptors (Lipinski definition) is 8. The normalized spacial score (nSPS) is 34.3. The van der Waals surface area contributed by atoms with Crippen molar-refractivity contribution in [2.75, 3.05) is 13.2 Å². The van der Waals surface area contributed by atoms with Crippen LogP contribution in [0.5, 0.6) is 0 Å². The first-order valence-corrected chi connectivity index (χ1v) is 13.0. The van der Waals surface area contributed by atoms with Crippen LogP contribution in [0.15, 0.2) is 54.1 Å². The molecule has 9 heteroatoms. The van der Waals surface area contributed by atoms with Gasteiger partial charge in [-0.1, -0.05) is 32.1 Å². The summed E-state index contributed by atoms with van der Waals surface area (Å²) in [6, 6.07) is 5.73. The SMILES string of the molecule is C=C1CC[C@@H]2[C@](C)(CO)[C@H](O)CC[C@@]2(C)[C@@H]1C/C=C1/C(=O)OC[C@H]1OC(=O)/C=C/c1ccc([N+](=O)[O-])cc1. The lowest BCUT2D eigenvalue weighted by Gasteiger charge is -2.59. The van der Waals surface area contributed by atoms with Crippen LogP contribution in [0, 0.1) is 32.8 Å². The van der Waals surface area contributed by atoms with E-state index in [1.807, 2.05) is 6.92 Å². The molecule has 1 aliphatic heterocycles. The highest BCUT2D eigenvalue weighted by Crippen LogP contribution is 2.61. The molecule has 1 saturated heterocycles. The van der Waals surface area contributed by atoms with Gasteiger partial charge in [0.2, 0.25) is 0 Å². The molecule has 0 spiro atoms. The van der Waals surface area contributed by atoms with Crippen LogP contribution in [-0.4, -0.2) is 52.5 Å². The number of ether oxygens (including phenoxy) is 2. The van der Waals surface area contributed by atoms with Gasteiger partial charge in [0.25, 0.3) is 5.69 Å². The molecular formula is C29H35NO8. The molecular weight excluding hydrogens is 490 g/mol. The molecule has 1 heterocycles. The van der Waals surface area contributed by atoms with Gasteiger partial charge in [0.15, 0.2) is 6.10 Å². The van der Waals surface area contributed by atoms with Crippen LogP contribution >= 0.6 is 0 Å². The molecule has 1 aromatic carbocycles. The minimum Gasteiger partial charge on any atom is -0.458 e. The Hall–Kier alpha value is -3.30. The molecule has 204 valence electrons. The van der Waals surface area contributed by atoms with E-state index in [2.05, 4.69) is 13.5 Å². The van der Waals surface area contributed by atoms with Crippen molar-refractivity contribution in [3.05, 3.63) is 69.8 Å². The molecule has 9 nitrogen and oxygen atoms in total. The number of nitro groups is 1. The minimum absolute atomic E-state index is 0.0407. The topological polar surface area (TPSA) is 136 Å². The fourth-order valence-corrected chi connectivity index (χ4v) is 6.70. The predicted molar refractivity (Wildman–Crippen MR) is 140 cm³/mol. The Labute approximate surface area is 222 Å². The number of esters is 2. The van der Waals surface area contributed by atoms with E-state index in [9.17, 15) is 29.9 Å². The van der Waals surface area contributed by atoms with Crippen LogP contribution in [-0.2, 0) is 19.1 Å². The third-order valence-electron chi connectivity index (χ3n) is 8.99. The molecule has 3 fully saturated rings. The number of carbonyl (C=O) groups is 2. The zero-order chi connectivity index (χ0) is 27.7. The van der Waals surface area contributed by atoms with E-state index in [1.54, 1.807) is 6.08 Å². The zero-order valence-corrected chi connectivity index (χ0v) is 21.8. The highest BCUT2D eigenvalue weighted by atomic mass is 16.6. The summed E-state index contributed by atoms with van der Waals surface area (Å²) in [5.41, 5.74) is 1.12. The number of carbonyl (C=O) groups excluding carboxylic acids is 2. The van der Waals surface area contributed by atoms with E-state index in [-0.39, 0.29) is 36.2 Å². The quantitative estimate of drug-likeness (QED) is 0.178. The summed E-state index contributed by atoms with van der Waals surface area (Å²) in [5.74, 6) is -1.04. The first kappa shape index (κ1) is 27.7. The van der Waals surface area contributed by atoms with E-state index in [0.29, 0.717) is 24.0 Å². The summed E-state index contributed by atoms with van der Waals surface area (Å²) in [7, 11) is 0. The van der Waals surface area contributed by atoms with Crippen molar-refractivity contribution < 1.29 is 34.2 Å². The number of non-ortho nitro benzene ring substituents is 1. The Bertz CT molecular complexity index is 1170. The van der Waals surface area contributed by atoms with Gasteiger partial charge in [-0.15, -0.1) is 0 Å². The van der Waals surface area contributed by atoms with Gasteiger partial charge in [-0.3, -0.25) is 10.1 Å². The van der Waals surface area contributed by atoms with Gasteiger partial charge in [-0.2, -0.15) is 0 Å². The van der Waals surface area contributed by atoms with Crippen LogP contribution < -0.4 is 0 Å². The maximum atomic E-state index is 12.5. The number of fused-ring (bicyclic) bond motifs is 1. The van der Waals surface area contributed by atoms with E-state index in [4.69, 9.17) is 9.47 Å². The van der Waals surface area contributed by atoms with Crippen LogP contribution in [0.25, 0.3) is 6.08 Å². The second-order valence-corrected chi connectivity index (χ2v) is 11.1. The number of hydrogen-bond donors (Lipinski definition) is 2. The molecule has 6 atom stereocenters. The van der Waals surface area contributed by atoms with Crippen LogP contribution in [0.4, 0.5) is 5.69 Å². The summed E-state index contributed by atoms with van der Waals surface area (Å²) in [5, 5.41) is 31.7. The summed E-state index contributed by atoms with van der Waals surface area (Å²) >= 11 is 0. The molecule has 0 amide bonds. The molecule has 2 saturated carbocycles. The van der Waals surface area contributed by atoms with Crippen molar-refractivity contribution in [2.24, 2.45) is 22.7 Å². The van der Waals surface area contributed by atoms with Crippen molar-refractivity contribution >= 4 is 23.7 Å². The summed E-state index contributed by atoms with van der Waals surface area (Å²) < 4.78 is 10.7. The maximum absolute atomic E-state index is 12.5. The molecule has 3 aliphatic rings. The van der Waals surface area contributed by atoms with Gasteiger partial charge in [-0.05, 0) is 73.1 Å². The van der Waals surface area contributed by atoms with Crippen molar-refractivity contribution in [3.63, 3.8) is 0 Å². The minimum atomic E-state index is -0.840.